The van der Waals surface area contributed by atoms with Gasteiger partial charge >= 0.3 is 0 Å². The summed E-state index contributed by atoms with van der Waals surface area (Å²) in [6.07, 6.45) is 2.35. The molecule has 3 heteroatoms. The van der Waals surface area contributed by atoms with Crippen LogP contribution in [0.5, 0.6) is 0 Å². The summed E-state index contributed by atoms with van der Waals surface area (Å²) in [5, 5.41) is 8.19. The minimum atomic E-state index is 0.441. The Morgan fingerprint density at radius 1 is 1.35 bits per heavy atom. The number of aryl methyl sites for hydroxylation is 2. The maximum absolute atomic E-state index is 4.54. The first kappa shape index (κ1) is 14.2. The number of rotatable bonds is 7. The van der Waals surface area contributed by atoms with Gasteiger partial charge in [-0.15, -0.1) is 0 Å². The van der Waals surface area contributed by atoms with Crippen LogP contribution in [0.1, 0.15) is 58.0 Å². The summed E-state index contributed by atoms with van der Waals surface area (Å²) in [6, 6.07) is 2.66. The number of aromatic nitrogens is 2. The molecule has 0 bridgehead atoms. The molecule has 1 N–H and O–H groups in total. The predicted molar refractivity (Wildman–Crippen MR) is 73.1 cm³/mol. The minimum Gasteiger partial charge on any atom is -0.309 e. The van der Waals surface area contributed by atoms with Crippen LogP contribution in [0.2, 0.25) is 0 Å². The number of nitrogens with zero attached hydrogens (tertiary/aromatic N) is 2. The lowest BCUT2D eigenvalue weighted by Gasteiger charge is -2.21. The molecule has 0 saturated heterocycles. The first-order valence-corrected chi connectivity index (χ1v) is 6.86. The van der Waals surface area contributed by atoms with E-state index in [-0.39, 0.29) is 0 Å². The molecule has 0 radical (unpaired) electrons. The monoisotopic (exact) mass is 237 g/mol. The van der Waals surface area contributed by atoms with Crippen molar-refractivity contribution in [1.29, 1.82) is 0 Å². The average Bonchev–Trinajstić information content (AvgIpc) is 2.65. The standard InChI is InChI=1S/C14H27N3/c1-6-8-15-13(9-11(3)4)14-10-12(5)16-17(14)7-2/h10-11,13,15H,6-9H2,1-5H3. The van der Waals surface area contributed by atoms with E-state index in [1.165, 1.54) is 18.5 Å². The molecule has 0 saturated carbocycles. The second-order valence-electron chi connectivity index (χ2n) is 5.16. The fourth-order valence-corrected chi connectivity index (χ4v) is 2.20. The second kappa shape index (κ2) is 6.80. The predicted octanol–water partition coefficient (Wildman–Crippen LogP) is 3.30. The fraction of sp³-hybridized carbons (Fsp3) is 0.786. The number of hydrogen-bond acceptors (Lipinski definition) is 2. The molecule has 17 heavy (non-hydrogen) atoms. The summed E-state index contributed by atoms with van der Waals surface area (Å²) in [4.78, 5) is 0. The molecule has 0 amide bonds. The van der Waals surface area contributed by atoms with Gasteiger partial charge in [0.05, 0.1) is 11.4 Å². The van der Waals surface area contributed by atoms with Gasteiger partial charge in [0, 0.05) is 12.6 Å². The van der Waals surface area contributed by atoms with Crippen LogP contribution in [0, 0.1) is 12.8 Å². The van der Waals surface area contributed by atoms with Gasteiger partial charge in [-0.05, 0) is 45.2 Å². The van der Waals surface area contributed by atoms with Gasteiger partial charge in [-0.2, -0.15) is 5.10 Å². The molecule has 1 aromatic heterocycles. The van der Waals surface area contributed by atoms with Crippen molar-refractivity contribution in [2.75, 3.05) is 6.54 Å². The molecule has 0 fully saturated rings. The van der Waals surface area contributed by atoms with Crippen LogP contribution >= 0.6 is 0 Å². The molecule has 1 atom stereocenters. The summed E-state index contributed by atoms with van der Waals surface area (Å²) < 4.78 is 2.13. The molecule has 0 aliphatic rings. The van der Waals surface area contributed by atoms with Crippen molar-refractivity contribution < 1.29 is 0 Å². The molecule has 0 aliphatic heterocycles. The molecule has 0 aromatic carbocycles. The molecule has 0 spiro atoms. The molecule has 1 unspecified atom stereocenters. The third-order valence-corrected chi connectivity index (χ3v) is 2.94. The van der Waals surface area contributed by atoms with Crippen LogP contribution in [0.3, 0.4) is 0 Å². The third-order valence-electron chi connectivity index (χ3n) is 2.94. The lowest BCUT2D eigenvalue weighted by molar-refractivity contribution is 0.404. The van der Waals surface area contributed by atoms with E-state index in [4.69, 9.17) is 0 Å². The lowest BCUT2D eigenvalue weighted by atomic mass is 10.0. The Balaban J connectivity index is 2.85. The maximum atomic E-state index is 4.54. The molecular formula is C14H27N3. The van der Waals surface area contributed by atoms with Crippen molar-refractivity contribution in [1.82, 2.24) is 15.1 Å². The summed E-state index contributed by atoms with van der Waals surface area (Å²) in [5.74, 6) is 0.699. The Hall–Kier alpha value is -0.830. The zero-order chi connectivity index (χ0) is 12.8. The summed E-state index contributed by atoms with van der Waals surface area (Å²) in [7, 11) is 0. The van der Waals surface area contributed by atoms with Crippen molar-refractivity contribution in [2.24, 2.45) is 5.92 Å². The Kier molecular flexibility index (Phi) is 5.69. The zero-order valence-electron chi connectivity index (χ0n) is 12.0. The minimum absolute atomic E-state index is 0.441. The van der Waals surface area contributed by atoms with Crippen molar-refractivity contribution in [3.8, 4) is 0 Å². The van der Waals surface area contributed by atoms with Gasteiger partial charge in [-0.1, -0.05) is 20.8 Å². The zero-order valence-corrected chi connectivity index (χ0v) is 12.0. The van der Waals surface area contributed by atoms with Crippen LogP contribution in [0.15, 0.2) is 6.07 Å². The SMILES string of the molecule is CCCNC(CC(C)C)c1cc(C)nn1CC. The molecule has 3 nitrogen and oxygen atoms in total. The van der Waals surface area contributed by atoms with Gasteiger partial charge < -0.3 is 5.32 Å². The molecule has 0 aliphatic carbocycles. The van der Waals surface area contributed by atoms with E-state index < -0.39 is 0 Å². The molecule has 1 rings (SSSR count). The lowest BCUT2D eigenvalue weighted by Crippen LogP contribution is -2.26. The number of nitrogens with one attached hydrogen (secondary N) is 1. The fourth-order valence-electron chi connectivity index (χ4n) is 2.20. The van der Waals surface area contributed by atoms with Gasteiger partial charge in [-0.25, -0.2) is 0 Å². The van der Waals surface area contributed by atoms with E-state index in [1.54, 1.807) is 0 Å². The normalized spacial score (nSPS) is 13.3. The summed E-state index contributed by atoms with van der Waals surface area (Å²) in [5.41, 5.74) is 2.46. The van der Waals surface area contributed by atoms with Crippen molar-refractivity contribution in [2.45, 2.75) is 60.0 Å². The topological polar surface area (TPSA) is 29.9 Å². The van der Waals surface area contributed by atoms with Gasteiger partial charge in [-0.3, -0.25) is 4.68 Å². The molecule has 1 aromatic rings. The summed E-state index contributed by atoms with van der Waals surface area (Å²) in [6.45, 7) is 13.0. The summed E-state index contributed by atoms with van der Waals surface area (Å²) >= 11 is 0. The quantitative estimate of drug-likeness (QED) is 0.788. The second-order valence-corrected chi connectivity index (χ2v) is 5.16. The van der Waals surface area contributed by atoms with Crippen LogP contribution in [-0.2, 0) is 6.54 Å². The highest BCUT2D eigenvalue weighted by molar-refractivity contribution is 5.13. The maximum Gasteiger partial charge on any atom is 0.0597 e. The van der Waals surface area contributed by atoms with Crippen molar-refractivity contribution in [3.05, 3.63) is 17.5 Å². The average molecular weight is 237 g/mol. The van der Waals surface area contributed by atoms with Crippen LogP contribution in [0.25, 0.3) is 0 Å². The smallest absolute Gasteiger partial charge is 0.0597 e. The highest BCUT2D eigenvalue weighted by atomic mass is 15.3. The van der Waals surface area contributed by atoms with Crippen LogP contribution in [-0.4, -0.2) is 16.3 Å². The van der Waals surface area contributed by atoms with E-state index >= 15 is 0 Å². The van der Waals surface area contributed by atoms with E-state index in [1.807, 2.05) is 0 Å². The largest absolute Gasteiger partial charge is 0.309 e. The Morgan fingerprint density at radius 3 is 2.59 bits per heavy atom. The van der Waals surface area contributed by atoms with E-state index in [0.29, 0.717) is 12.0 Å². The third kappa shape index (κ3) is 4.15. The highest BCUT2D eigenvalue weighted by Crippen LogP contribution is 2.22. The van der Waals surface area contributed by atoms with Crippen LogP contribution < -0.4 is 5.32 Å². The first-order chi connectivity index (χ1) is 8.08. The van der Waals surface area contributed by atoms with Gasteiger partial charge in [0.15, 0.2) is 0 Å². The van der Waals surface area contributed by atoms with Gasteiger partial charge in [0.2, 0.25) is 0 Å². The molecule has 98 valence electrons. The first-order valence-electron chi connectivity index (χ1n) is 6.86. The Morgan fingerprint density at radius 2 is 2.06 bits per heavy atom. The van der Waals surface area contributed by atoms with Crippen molar-refractivity contribution in [3.63, 3.8) is 0 Å². The van der Waals surface area contributed by atoms with Crippen LogP contribution in [0.4, 0.5) is 0 Å². The molecular weight excluding hydrogens is 210 g/mol. The van der Waals surface area contributed by atoms with Gasteiger partial charge in [0.1, 0.15) is 0 Å². The van der Waals surface area contributed by atoms with E-state index in [9.17, 15) is 0 Å². The van der Waals surface area contributed by atoms with Gasteiger partial charge in [0.25, 0.3) is 0 Å². The number of hydrogen-bond donors (Lipinski definition) is 1. The van der Waals surface area contributed by atoms with E-state index in [2.05, 4.69) is 55.8 Å². The Labute approximate surface area is 106 Å². The Bertz CT molecular complexity index is 328. The highest BCUT2D eigenvalue weighted by Gasteiger charge is 2.17. The molecule has 1 heterocycles. The van der Waals surface area contributed by atoms with Crippen molar-refractivity contribution >= 4 is 0 Å². The van der Waals surface area contributed by atoms with E-state index in [0.717, 1.165) is 18.8 Å².